The summed E-state index contributed by atoms with van der Waals surface area (Å²) in [5.41, 5.74) is 3.45. The lowest BCUT2D eigenvalue weighted by molar-refractivity contribution is -0.115. The van der Waals surface area contributed by atoms with Crippen molar-refractivity contribution in [3.05, 3.63) is 54.1 Å². The molecular weight excluding hydrogens is 406 g/mol. The summed E-state index contributed by atoms with van der Waals surface area (Å²) < 4.78 is 0.712. The number of rotatable bonds is 7. The van der Waals surface area contributed by atoms with E-state index in [1.807, 2.05) is 38.1 Å². The van der Waals surface area contributed by atoms with E-state index >= 15 is 0 Å². The Kier molecular flexibility index (Phi) is 6.84. The maximum Gasteiger partial charge on any atom is 0.237 e. The molecule has 1 atom stereocenters. The molecular formula is C20H21N5O2S2. The van der Waals surface area contributed by atoms with Crippen LogP contribution in [0.3, 0.4) is 0 Å². The molecule has 2 amide bonds. The van der Waals surface area contributed by atoms with Gasteiger partial charge in [0.15, 0.2) is 4.34 Å². The van der Waals surface area contributed by atoms with Crippen molar-refractivity contribution < 1.29 is 9.59 Å². The van der Waals surface area contributed by atoms with Gasteiger partial charge in [-0.1, -0.05) is 35.2 Å². The Morgan fingerprint density at radius 2 is 1.69 bits per heavy atom. The first kappa shape index (κ1) is 20.8. The van der Waals surface area contributed by atoms with E-state index < -0.39 is 0 Å². The van der Waals surface area contributed by atoms with Crippen molar-refractivity contribution in [3.63, 3.8) is 0 Å². The predicted octanol–water partition coefficient (Wildman–Crippen LogP) is 4.67. The number of nitrogens with one attached hydrogen (secondary N) is 3. The van der Waals surface area contributed by atoms with Gasteiger partial charge in [0.2, 0.25) is 16.9 Å². The Hall–Kier alpha value is -2.91. The molecule has 1 aromatic heterocycles. The molecule has 3 N–H and O–H groups in total. The summed E-state index contributed by atoms with van der Waals surface area (Å²) in [5, 5.41) is 17.4. The second-order valence-electron chi connectivity index (χ2n) is 6.38. The van der Waals surface area contributed by atoms with Crippen LogP contribution in [0.1, 0.15) is 19.4 Å². The molecule has 0 aliphatic heterocycles. The molecule has 0 aliphatic carbocycles. The molecule has 2 aromatic carbocycles. The van der Waals surface area contributed by atoms with E-state index in [0.717, 1.165) is 11.3 Å². The number of carbonyl (C=O) groups is 2. The number of benzene rings is 2. The lowest BCUT2D eigenvalue weighted by atomic mass is 10.2. The molecule has 9 heteroatoms. The van der Waals surface area contributed by atoms with E-state index in [0.29, 0.717) is 20.8 Å². The third-order valence-corrected chi connectivity index (χ3v) is 5.82. The Labute approximate surface area is 177 Å². The van der Waals surface area contributed by atoms with Crippen LogP contribution in [0.5, 0.6) is 0 Å². The molecule has 0 fully saturated rings. The number of amides is 2. The first-order valence-electron chi connectivity index (χ1n) is 8.91. The summed E-state index contributed by atoms with van der Waals surface area (Å²) in [7, 11) is 0. The smallest absolute Gasteiger partial charge is 0.237 e. The highest BCUT2D eigenvalue weighted by Crippen LogP contribution is 2.31. The van der Waals surface area contributed by atoms with Gasteiger partial charge >= 0.3 is 0 Å². The minimum Gasteiger partial charge on any atom is -0.330 e. The fourth-order valence-corrected chi connectivity index (χ4v) is 4.36. The number of hydrogen-bond donors (Lipinski definition) is 3. The normalized spacial score (nSPS) is 11.6. The van der Waals surface area contributed by atoms with Crippen molar-refractivity contribution in [3.8, 4) is 0 Å². The van der Waals surface area contributed by atoms with Crippen LogP contribution in [0.15, 0.2) is 52.9 Å². The van der Waals surface area contributed by atoms with Crippen LogP contribution in [0.2, 0.25) is 0 Å². The highest BCUT2D eigenvalue weighted by atomic mass is 32.2. The molecule has 29 heavy (non-hydrogen) atoms. The van der Waals surface area contributed by atoms with Gasteiger partial charge < -0.3 is 16.0 Å². The molecule has 3 aromatic rings. The van der Waals surface area contributed by atoms with Crippen LogP contribution in [-0.2, 0) is 9.59 Å². The average molecular weight is 428 g/mol. The van der Waals surface area contributed by atoms with E-state index in [-0.39, 0.29) is 17.1 Å². The number of aryl methyl sites for hydroxylation is 1. The topological polar surface area (TPSA) is 96.0 Å². The minimum atomic E-state index is -0.343. The van der Waals surface area contributed by atoms with E-state index in [9.17, 15) is 9.59 Å². The van der Waals surface area contributed by atoms with Gasteiger partial charge in [0, 0.05) is 24.0 Å². The van der Waals surface area contributed by atoms with Gasteiger partial charge in [-0.15, -0.1) is 10.2 Å². The SMILES string of the molecule is CC(=O)Nc1ccc(NC(=O)C(C)Sc2nnc(Nc3cccc(C)c3)s2)cc1. The summed E-state index contributed by atoms with van der Waals surface area (Å²) in [6.45, 7) is 5.30. The zero-order chi connectivity index (χ0) is 20.8. The zero-order valence-corrected chi connectivity index (χ0v) is 17.9. The second-order valence-corrected chi connectivity index (χ2v) is 8.94. The van der Waals surface area contributed by atoms with E-state index in [2.05, 4.69) is 26.1 Å². The highest BCUT2D eigenvalue weighted by molar-refractivity contribution is 8.02. The molecule has 150 valence electrons. The predicted molar refractivity (Wildman–Crippen MR) is 119 cm³/mol. The largest absolute Gasteiger partial charge is 0.330 e. The first-order valence-corrected chi connectivity index (χ1v) is 10.6. The summed E-state index contributed by atoms with van der Waals surface area (Å²) in [5.74, 6) is -0.272. The van der Waals surface area contributed by atoms with Crippen LogP contribution in [0.4, 0.5) is 22.2 Å². The van der Waals surface area contributed by atoms with Crippen molar-refractivity contribution in [2.45, 2.75) is 30.4 Å². The number of thioether (sulfide) groups is 1. The van der Waals surface area contributed by atoms with Crippen molar-refractivity contribution in [2.75, 3.05) is 16.0 Å². The van der Waals surface area contributed by atoms with Crippen molar-refractivity contribution >= 4 is 57.1 Å². The first-order chi connectivity index (χ1) is 13.9. The fourth-order valence-electron chi connectivity index (χ4n) is 2.44. The van der Waals surface area contributed by atoms with Crippen LogP contribution in [-0.4, -0.2) is 27.3 Å². The minimum absolute atomic E-state index is 0.134. The van der Waals surface area contributed by atoms with Crippen LogP contribution in [0, 0.1) is 6.92 Å². The van der Waals surface area contributed by atoms with Crippen molar-refractivity contribution in [1.29, 1.82) is 0 Å². The monoisotopic (exact) mass is 427 g/mol. The summed E-state index contributed by atoms with van der Waals surface area (Å²) in [6.07, 6.45) is 0. The van der Waals surface area contributed by atoms with Gasteiger partial charge in [0.05, 0.1) is 5.25 Å². The maximum absolute atomic E-state index is 12.5. The molecule has 0 saturated carbocycles. The quantitative estimate of drug-likeness (QED) is 0.474. The standard InChI is InChI=1S/C20H21N5O2S2/c1-12-5-4-6-17(11-12)23-19-24-25-20(29-19)28-13(2)18(27)22-16-9-7-15(8-10-16)21-14(3)26/h4-11,13H,1-3H3,(H,21,26)(H,22,27)(H,23,24). The fraction of sp³-hybridized carbons (Fsp3) is 0.200. The van der Waals surface area contributed by atoms with E-state index in [1.54, 1.807) is 24.3 Å². The van der Waals surface area contributed by atoms with Crippen molar-refractivity contribution in [1.82, 2.24) is 10.2 Å². The molecule has 0 saturated heterocycles. The Bertz CT molecular complexity index is 1000. The molecule has 0 spiro atoms. The van der Waals surface area contributed by atoms with Crippen LogP contribution in [0.25, 0.3) is 0 Å². The third-order valence-electron chi connectivity index (χ3n) is 3.80. The van der Waals surface area contributed by atoms with Gasteiger partial charge in [-0.2, -0.15) is 0 Å². The number of carbonyl (C=O) groups excluding carboxylic acids is 2. The van der Waals surface area contributed by atoms with Gasteiger partial charge in [-0.05, 0) is 55.8 Å². The van der Waals surface area contributed by atoms with Crippen LogP contribution >= 0.6 is 23.1 Å². The van der Waals surface area contributed by atoms with E-state index in [4.69, 9.17) is 0 Å². The number of anilines is 4. The molecule has 3 rings (SSSR count). The van der Waals surface area contributed by atoms with Gasteiger partial charge in [-0.25, -0.2) is 0 Å². The Balaban J connectivity index is 1.54. The number of hydrogen-bond acceptors (Lipinski definition) is 7. The lowest BCUT2D eigenvalue weighted by Gasteiger charge is -2.11. The molecule has 0 bridgehead atoms. The van der Waals surface area contributed by atoms with E-state index in [1.165, 1.54) is 30.0 Å². The number of nitrogens with zero attached hydrogens (tertiary/aromatic N) is 2. The maximum atomic E-state index is 12.5. The Morgan fingerprint density at radius 1 is 1.00 bits per heavy atom. The van der Waals surface area contributed by atoms with Gasteiger partial charge in [0.25, 0.3) is 0 Å². The van der Waals surface area contributed by atoms with Crippen molar-refractivity contribution in [2.24, 2.45) is 0 Å². The summed E-state index contributed by atoms with van der Waals surface area (Å²) in [4.78, 5) is 23.5. The van der Waals surface area contributed by atoms with Crippen LogP contribution < -0.4 is 16.0 Å². The van der Waals surface area contributed by atoms with Gasteiger partial charge in [-0.3, -0.25) is 9.59 Å². The Morgan fingerprint density at radius 3 is 2.34 bits per heavy atom. The highest BCUT2D eigenvalue weighted by Gasteiger charge is 2.17. The second kappa shape index (κ2) is 9.53. The molecule has 1 heterocycles. The molecule has 0 aliphatic rings. The lowest BCUT2D eigenvalue weighted by Crippen LogP contribution is -2.22. The molecule has 1 unspecified atom stereocenters. The third kappa shape index (κ3) is 6.30. The van der Waals surface area contributed by atoms with Gasteiger partial charge in [0.1, 0.15) is 0 Å². The molecule has 7 nitrogen and oxygen atoms in total. The summed E-state index contributed by atoms with van der Waals surface area (Å²) in [6, 6.07) is 15.0. The number of aromatic nitrogens is 2. The molecule has 0 radical (unpaired) electrons. The average Bonchev–Trinajstić information content (AvgIpc) is 3.09. The summed E-state index contributed by atoms with van der Waals surface area (Å²) >= 11 is 2.76. The zero-order valence-electron chi connectivity index (χ0n) is 16.2.